The summed E-state index contributed by atoms with van der Waals surface area (Å²) in [7, 11) is 0. The van der Waals surface area contributed by atoms with Crippen molar-refractivity contribution in [1.29, 1.82) is 0 Å². The van der Waals surface area contributed by atoms with E-state index in [1.165, 1.54) is 18.0 Å². The summed E-state index contributed by atoms with van der Waals surface area (Å²) < 4.78 is 0. The Morgan fingerprint density at radius 2 is 1.96 bits per heavy atom. The van der Waals surface area contributed by atoms with Crippen LogP contribution in [0.2, 0.25) is 5.15 Å². The van der Waals surface area contributed by atoms with Crippen LogP contribution in [-0.4, -0.2) is 21.4 Å². The Bertz CT molecular complexity index is 1100. The van der Waals surface area contributed by atoms with Gasteiger partial charge >= 0.3 is 0 Å². The molecule has 3 aromatic rings. The van der Waals surface area contributed by atoms with Crippen molar-refractivity contribution >= 4 is 34.5 Å². The Labute approximate surface area is 166 Å². The van der Waals surface area contributed by atoms with Crippen molar-refractivity contribution in [2.24, 2.45) is 0 Å². The van der Waals surface area contributed by atoms with E-state index in [1.54, 1.807) is 12.1 Å². The van der Waals surface area contributed by atoms with Crippen LogP contribution < -0.4 is 10.2 Å². The van der Waals surface area contributed by atoms with E-state index in [2.05, 4.69) is 26.3 Å². The van der Waals surface area contributed by atoms with Gasteiger partial charge in [0.25, 0.3) is 5.69 Å². The van der Waals surface area contributed by atoms with Gasteiger partial charge in [-0.3, -0.25) is 10.1 Å². The lowest BCUT2D eigenvalue weighted by atomic mass is 9.91. The fourth-order valence-electron chi connectivity index (χ4n) is 4.18. The molecule has 0 amide bonds. The van der Waals surface area contributed by atoms with Gasteiger partial charge in [-0.25, -0.2) is 9.97 Å². The summed E-state index contributed by atoms with van der Waals surface area (Å²) in [6, 6.07) is 12.5. The van der Waals surface area contributed by atoms with Crippen LogP contribution in [0.1, 0.15) is 29.2 Å². The third-order valence-corrected chi connectivity index (χ3v) is 5.62. The van der Waals surface area contributed by atoms with Gasteiger partial charge in [-0.2, -0.15) is 0 Å². The van der Waals surface area contributed by atoms with Crippen LogP contribution >= 0.6 is 11.6 Å². The first-order valence-corrected chi connectivity index (χ1v) is 9.42. The molecule has 0 spiro atoms. The summed E-state index contributed by atoms with van der Waals surface area (Å²) in [4.78, 5) is 22.1. The molecular formula is C20H16ClN5O2. The second kappa shape index (κ2) is 6.45. The summed E-state index contributed by atoms with van der Waals surface area (Å²) in [6.45, 7) is 0.801. The van der Waals surface area contributed by atoms with E-state index in [0.717, 1.165) is 30.6 Å². The maximum absolute atomic E-state index is 11.7. The lowest BCUT2D eigenvalue weighted by molar-refractivity contribution is -0.385. The molecule has 2 aliphatic heterocycles. The molecule has 3 heterocycles. The van der Waals surface area contributed by atoms with E-state index in [0.29, 0.717) is 22.2 Å². The summed E-state index contributed by atoms with van der Waals surface area (Å²) >= 11 is 6.42. The Hall–Kier alpha value is -3.19. The molecule has 2 aliphatic rings. The minimum atomic E-state index is -0.443. The fraction of sp³-hybridized carbons (Fsp3) is 0.200. The number of aryl methyl sites for hydroxylation is 1. The molecule has 28 heavy (non-hydrogen) atoms. The molecule has 140 valence electrons. The number of nitro groups is 1. The Balaban J connectivity index is 1.82. The van der Waals surface area contributed by atoms with Crippen molar-refractivity contribution in [3.63, 3.8) is 0 Å². The molecule has 8 heteroatoms. The van der Waals surface area contributed by atoms with Gasteiger partial charge in [-0.05, 0) is 24.5 Å². The van der Waals surface area contributed by atoms with E-state index in [-0.39, 0.29) is 10.6 Å². The first-order valence-electron chi connectivity index (χ1n) is 9.05. The van der Waals surface area contributed by atoms with Gasteiger partial charge in [0, 0.05) is 18.2 Å². The Kier molecular flexibility index (Phi) is 3.91. The first kappa shape index (κ1) is 16.9. The van der Waals surface area contributed by atoms with Gasteiger partial charge < -0.3 is 10.2 Å². The third-order valence-electron chi connectivity index (χ3n) is 5.33. The molecule has 5 rings (SSSR count). The molecule has 0 fully saturated rings. The smallest absolute Gasteiger partial charge is 0.275 e. The number of para-hydroxylation sites is 2. The normalized spacial score (nSPS) is 17.2. The van der Waals surface area contributed by atoms with Crippen molar-refractivity contribution in [2.75, 3.05) is 16.8 Å². The molecule has 0 saturated heterocycles. The van der Waals surface area contributed by atoms with Crippen LogP contribution in [0.3, 0.4) is 0 Å². The molecule has 1 unspecified atom stereocenters. The average molecular weight is 394 g/mol. The van der Waals surface area contributed by atoms with Crippen LogP contribution in [-0.2, 0) is 6.42 Å². The average Bonchev–Trinajstić information content (AvgIpc) is 2.86. The molecular weight excluding hydrogens is 378 g/mol. The second-order valence-electron chi connectivity index (χ2n) is 6.87. The second-order valence-corrected chi connectivity index (χ2v) is 7.22. The van der Waals surface area contributed by atoms with Crippen molar-refractivity contribution in [3.05, 3.63) is 80.7 Å². The summed E-state index contributed by atoms with van der Waals surface area (Å²) in [6.07, 6.45) is 3.40. The fourth-order valence-corrected chi connectivity index (χ4v) is 4.36. The van der Waals surface area contributed by atoms with Crippen molar-refractivity contribution < 1.29 is 4.92 Å². The zero-order valence-corrected chi connectivity index (χ0v) is 15.6. The highest BCUT2D eigenvalue weighted by Crippen LogP contribution is 2.48. The minimum Gasteiger partial charge on any atom is -0.368 e. The minimum absolute atomic E-state index is 0.0661. The monoisotopic (exact) mass is 393 g/mol. The van der Waals surface area contributed by atoms with E-state index in [9.17, 15) is 10.1 Å². The van der Waals surface area contributed by atoms with Crippen LogP contribution in [0.5, 0.6) is 0 Å². The first-order chi connectivity index (χ1) is 13.6. The molecule has 1 N–H and O–H groups in total. The molecule has 1 atom stereocenters. The molecule has 0 aliphatic carbocycles. The highest BCUT2D eigenvalue weighted by Gasteiger charge is 2.35. The lowest BCUT2D eigenvalue weighted by Gasteiger charge is -2.31. The topological polar surface area (TPSA) is 84.2 Å². The molecule has 0 saturated carbocycles. The number of nitrogens with zero attached hydrogens (tertiary/aromatic N) is 4. The quantitative estimate of drug-likeness (QED) is 0.388. The number of aromatic nitrogens is 2. The SMILES string of the molecule is O=[N+]([O-])c1ccccc1C1Nc2c(Cl)ncnc2N2CCCc3cccc1c32. The van der Waals surface area contributed by atoms with E-state index < -0.39 is 6.04 Å². The summed E-state index contributed by atoms with van der Waals surface area (Å²) in [5.74, 6) is 0.703. The molecule has 2 aromatic carbocycles. The van der Waals surface area contributed by atoms with Gasteiger partial charge in [-0.15, -0.1) is 0 Å². The van der Waals surface area contributed by atoms with Crippen molar-refractivity contribution in [2.45, 2.75) is 18.9 Å². The van der Waals surface area contributed by atoms with Gasteiger partial charge in [0.2, 0.25) is 0 Å². The van der Waals surface area contributed by atoms with E-state index >= 15 is 0 Å². The van der Waals surface area contributed by atoms with E-state index in [4.69, 9.17) is 11.6 Å². The highest BCUT2D eigenvalue weighted by atomic mass is 35.5. The maximum Gasteiger partial charge on any atom is 0.275 e. The third kappa shape index (κ3) is 2.51. The number of anilines is 3. The summed E-state index contributed by atoms with van der Waals surface area (Å²) in [5.41, 5.74) is 4.47. The standard InChI is InChI=1S/C20H16ClN5O2/c21-19-17-20(23-11-22-19)25-10-4-6-12-5-3-8-14(18(12)25)16(24-17)13-7-1-2-9-15(13)26(27)28/h1-3,5,7-9,11,16,24H,4,6,10H2. The number of hydrogen-bond acceptors (Lipinski definition) is 6. The molecule has 0 radical (unpaired) electrons. The predicted octanol–water partition coefficient (Wildman–Crippen LogP) is 4.64. The van der Waals surface area contributed by atoms with Gasteiger partial charge in [0.05, 0.1) is 22.2 Å². The predicted molar refractivity (Wildman–Crippen MR) is 107 cm³/mol. The zero-order valence-electron chi connectivity index (χ0n) is 14.8. The van der Waals surface area contributed by atoms with Crippen LogP contribution in [0, 0.1) is 10.1 Å². The van der Waals surface area contributed by atoms with Crippen LogP contribution in [0.25, 0.3) is 0 Å². The van der Waals surface area contributed by atoms with Crippen molar-refractivity contribution in [1.82, 2.24) is 9.97 Å². The molecule has 0 bridgehead atoms. The highest BCUT2D eigenvalue weighted by molar-refractivity contribution is 6.32. The van der Waals surface area contributed by atoms with Crippen LogP contribution in [0.4, 0.5) is 22.9 Å². The van der Waals surface area contributed by atoms with Crippen molar-refractivity contribution in [3.8, 4) is 0 Å². The van der Waals surface area contributed by atoms with Gasteiger partial charge in [-0.1, -0.05) is 41.9 Å². The van der Waals surface area contributed by atoms with Crippen LogP contribution in [0.15, 0.2) is 48.8 Å². The largest absolute Gasteiger partial charge is 0.368 e. The molecule has 7 nitrogen and oxygen atoms in total. The lowest BCUT2D eigenvalue weighted by Crippen LogP contribution is -2.26. The number of nitrogens with one attached hydrogen (secondary N) is 1. The Morgan fingerprint density at radius 3 is 2.82 bits per heavy atom. The zero-order chi connectivity index (χ0) is 19.3. The van der Waals surface area contributed by atoms with Gasteiger partial charge in [0.1, 0.15) is 12.0 Å². The number of nitro benzene ring substituents is 1. The number of benzene rings is 2. The number of fused-ring (bicyclic) bond motifs is 2. The number of hydrogen-bond donors (Lipinski definition) is 1. The number of rotatable bonds is 2. The molecule has 1 aromatic heterocycles. The number of halogens is 1. The van der Waals surface area contributed by atoms with Gasteiger partial charge in [0.15, 0.2) is 11.0 Å². The van der Waals surface area contributed by atoms with E-state index in [1.807, 2.05) is 18.2 Å². The summed E-state index contributed by atoms with van der Waals surface area (Å²) in [5, 5.41) is 15.4. The maximum atomic E-state index is 11.7. The Morgan fingerprint density at radius 1 is 1.14 bits per heavy atom.